The molecule has 0 aliphatic heterocycles. The van der Waals surface area contributed by atoms with Crippen molar-refractivity contribution >= 4 is 6.09 Å². The Morgan fingerprint density at radius 1 is 1.13 bits per heavy atom. The van der Waals surface area contributed by atoms with E-state index in [9.17, 15) is 4.79 Å². The Labute approximate surface area is 141 Å². The Morgan fingerprint density at radius 2 is 1.70 bits per heavy atom. The molecule has 0 radical (unpaired) electrons. The van der Waals surface area contributed by atoms with Crippen LogP contribution in [0.1, 0.15) is 85.5 Å². The first-order chi connectivity index (χ1) is 10.9. The van der Waals surface area contributed by atoms with Crippen LogP contribution < -0.4 is 5.32 Å². The zero-order chi connectivity index (χ0) is 17.6. The molecular weight excluding hydrogens is 292 g/mol. The summed E-state index contributed by atoms with van der Waals surface area (Å²) in [6.45, 7) is 7.97. The van der Waals surface area contributed by atoms with Gasteiger partial charge in [-0.1, -0.05) is 63.4 Å². The normalized spacial score (nSPS) is 12.3. The van der Waals surface area contributed by atoms with Crippen LogP contribution in [0.25, 0.3) is 10.4 Å². The standard InChI is InChI=1S/C17H34N4O2/c1-5-6-7-8-9-10-11-12-13-15(14-19-21-18)20-16(22)23-17(2,3)4/h15H,5-14H2,1-4H3,(H,20,22)/t15-/m1/s1. The van der Waals surface area contributed by atoms with Gasteiger partial charge in [-0.3, -0.25) is 0 Å². The molecular formula is C17H34N4O2. The number of unbranched alkanes of at least 4 members (excludes halogenated alkanes) is 7. The number of rotatable bonds is 12. The molecule has 0 fully saturated rings. The number of alkyl carbamates (subject to hydrolysis) is 1. The Hall–Kier alpha value is -1.42. The van der Waals surface area contributed by atoms with Crippen LogP contribution in [0.2, 0.25) is 0 Å². The number of nitrogens with one attached hydrogen (secondary N) is 1. The number of ether oxygens (including phenoxy) is 1. The fraction of sp³-hybridized carbons (Fsp3) is 0.941. The van der Waals surface area contributed by atoms with Crippen LogP contribution in [0, 0.1) is 0 Å². The van der Waals surface area contributed by atoms with Crippen molar-refractivity contribution in [1.29, 1.82) is 0 Å². The lowest BCUT2D eigenvalue weighted by Crippen LogP contribution is -2.40. The average molecular weight is 326 g/mol. The second kappa shape index (κ2) is 13.1. The topological polar surface area (TPSA) is 87.1 Å². The largest absolute Gasteiger partial charge is 0.444 e. The third-order valence-corrected chi connectivity index (χ3v) is 3.49. The third kappa shape index (κ3) is 15.3. The van der Waals surface area contributed by atoms with E-state index >= 15 is 0 Å². The molecule has 0 rings (SSSR count). The highest BCUT2D eigenvalue weighted by Gasteiger charge is 2.18. The summed E-state index contributed by atoms with van der Waals surface area (Å²) < 4.78 is 5.25. The van der Waals surface area contributed by atoms with Crippen molar-refractivity contribution in [2.75, 3.05) is 6.54 Å². The van der Waals surface area contributed by atoms with Crippen molar-refractivity contribution in [2.24, 2.45) is 5.11 Å². The molecule has 134 valence electrons. The predicted molar refractivity (Wildman–Crippen MR) is 94.4 cm³/mol. The quantitative estimate of drug-likeness (QED) is 0.215. The summed E-state index contributed by atoms with van der Waals surface area (Å²) in [5.74, 6) is 0. The molecule has 1 N–H and O–H groups in total. The summed E-state index contributed by atoms with van der Waals surface area (Å²) in [6.07, 6.45) is 10.3. The van der Waals surface area contributed by atoms with Crippen molar-refractivity contribution in [1.82, 2.24) is 5.32 Å². The lowest BCUT2D eigenvalue weighted by molar-refractivity contribution is 0.0503. The van der Waals surface area contributed by atoms with E-state index < -0.39 is 11.7 Å². The van der Waals surface area contributed by atoms with Crippen LogP contribution >= 0.6 is 0 Å². The summed E-state index contributed by atoms with van der Waals surface area (Å²) in [6, 6.07) is -0.152. The second-order valence-electron chi connectivity index (χ2n) is 7.02. The molecule has 0 aliphatic rings. The third-order valence-electron chi connectivity index (χ3n) is 3.49. The van der Waals surface area contributed by atoms with Gasteiger partial charge in [0, 0.05) is 17.5 Å². The molecule has 0 aromatic rings. The van der Waals surface area contributed by atoms with Gasteiger partial charge in [-0.2, -0.15) is 0 Å². The van der Waals surface area contributed by atoms with Gasteiger partial charge in [0.15, 0.2) is 0 Å². The van der Waals surface area contributed by atoms with Gasteiger partial charge in [-0.05, 0) is 32.7 Å². The maximum atomic E-state index is 11.8. The van der Waals surface area contributed by atoms with Gasteiger partial charge >= 0.3 is 6.09 Å². The first-order valence-electron chi connectivity index (χ1n) is 8.89. The molecule has 0 aromatic heterocycles. The van der Waals surface area contributed by atoms with E-state index in [1.807, 2.05) is 20.8 Å². The fourth-order valence-electron chi connectivity index (χ4n) is 2.34. The van der Waals surface area contributed by atoms with Gasteiger partial charge in [-0.15, -0.1) is 0 Å². The second-order valence-corrected chi connectivity index (χ2v) is 7.02. The Balaban J connectivity index is 3.96. The van der Waals surface area contributed by atoms with Crippen molar-refractivity contribution < 1.29 is 9.53 Å². The number of amides is 1. The Morgan fingerprint density at radius 3 is 2.22 bits per heavy atom. The minimum absolute atomic E-state index is 0.152. The number of hydrogen-bond donors (Lipinski definition) is 1. The summed E-state index contributed by atoms with van der Waals surface area (Å²) in [7, 11) is 0. The van der Waals surface area contributed by atoms with Gasteiger partial charge in [0.05, 0.1) is 0 Å². The summed E-state index contributed by atoms with van der Waals surface area (Å²) in [5, 5.41) is 6.38. The maximum Gasteiger partial charge on any atom is 0.407 e. The molecule has 23 heavy (non-hydrogen) atoms. The monoisotopic (exact) mass is 326 g/mol. The van der Waals surface area contributed by atoms with Crippen molar-refractivity contribution in [3.05, 3.63) is 10.4 Å². The Bertz CT molecular complexity index is 360. The van der Waals surface area contributed by atoms with Gasteiger partial charge in [0.2, 0.25) is 0 Å². The Kier molecular flexibility index (Phi) is 12.3. The SMILES string of the molecule is CCCCCCCCCC[C@H](CN=[N+]=[N-])NC(=O)OC(C)(C)C. The maximum absolute atomic E-state index is 11.8. The minimum atomic E-state index is -0.522. The highest BCUT2D eigenvalue weighted by atomic mass is 16.6. The first-order valence-corrected chi connectivity index (χ1v) is 8.89. The first kappa shape index (κ1) is 21.6. The van der Waals surface area contributed by atoms with E-state index in [1.54, 1.807) is 0 Å². The molecule has 0 aliphatic carbocycles. The van der Waals surface area contributed by atoms with E-state index in [-0.39, 0.29) is 12.6 Å². The van der Waals surface area contributed by atoms with Crippen LogP contribution in [0.3, 0.4) is 0 Å². The molecule has 1 amide bonds. The smallest absolute Gasteiger partial charge is 0.407 e. The molecule has 0 unspecified atom stereocenters. The molecule has 0 aromatic carbocycles. The van der Waals surface area contributed by atoms with Crippen LogP contribution in [0.5, 0.6) is 0 Å². The molecule has 1 atom stereocenters. The van der Waals surface area contributed by atoms with E-state index in [0.29, 0.717) is 0 Å². The van der Waals surface area contributed by atoms with E-state index in [1.165, 1.54) is 38.5 Å². The highest BCUT2D eigenvalue weighted by molar-refractivity contribution is 5.68. The molecule has 0 heterocycles. The minimum Gasteiger partial charge on any atom is -0.444 e. The lowest BCUT2D eigenvalue weighted by atomic mass is 10.0. The zero-order valence-electron chi connectivity index (χ0n) is 15.3. The summed E-state index contributed by atoms with van der Waals surface area (Å²) in [4.78, 5) is 14.6. The van der Waals surface area contributed by atoms with Crippen LogP contribution in [-0.4, -0.2) is 24.3 Å². The van der Waals surface area contributed by atoms with Crippen LogP contribution in [-0.2, 0) is 4.74 Å². The van der Waals surface area contributed by atoms with Crippen molar-refractivity contribution in [3.63, 3.8) is 0 Å². The van der Waals surface area contributed by atoms with E-state index in [2.05, 4.69) is 22.3 Å². The fourth-order valence-corrected chi connectivity index (χ4v) is 2.34. The molecule has 6 nitrogen and oxygen atoms in total. The average Bonchev–Trinajstić information content (AvgIpc) is 2.45. The van der Waals surface area contributed by atoms with E-state index in [0.717, 1.165) is 19.3 Å². The number of carbonyl (C=O) groups excluding carboxylic acids is 1. The number of carbonyl (C=O) groups is 1. The van der Waals surface area contributed by atoms with Gasteiger partial charge < -0.3 is 10.1 Å². The van der Waals surface area contributed by atoms with Crippen LogP contribution in [0.4, 0.5) is 4.79 Å². The number of azide groups is 1. The number of nitrogens with zero attached hydrogens (tertiary/aromatic N) is 3. The van der Waals surface area contributed by atoms with Gasteiger partial charge in [0.1, 0.15) is 5.60 Å². The molecule has 0 saturated carbocycles. The molecule has 0 saturated heterocycles. The lowest BCUT2D eigenvalue weighted by Gasteiger charge is -2.23. The highest BCUT2D eigenvalue weighted by Crippen LogP contribution is 2.12. The molecule has 6 heteroatoms. The van der Waals surface area contributed by atoms with Gasteiger partial charge in [0.25, 0.3) is 0 Å². The number of hydrogen-bond acceptors (Lipinski definition) is 3. The van der Waals surface area contributed by atoms with Crippen molar-refractivity contribution in [2.45, 2.75) is 97.1 Å². The molecule has 0 bridgehead atoms. The summed E-state index contributed by atoms with van der Waals surface area (Å²) in [5.41, 5.74) is 7.94. The van der Waals surface area contributed by atoms with E-state index in [4.69, 9.17) is 10.3 Å². The zero-order valence-corrected chi connectivity index (χ0v) is 15.3. The van der Waals surface area contributed by atoms with Crippen molar-refractivity contribution in [3.8, 4) is 0 Å². The molecule has 0 spiro atoms. The summed E-state index contributed by atoms with van der Waals surface area (Å²) >= 11 is 0. The van der Waals surface area contributed by atoms with Gasteiger partial charge in [-0.25, -0.2) is 4.79 Å². The van der Waals surface area contributed by atoms with Crippen LogP contribution in [0.15, 0.2) is 5.11 Å². The predicted octanol–water partition coefficient (Wildman–Crippen LogP) is 5.72.